The van der Waals surface area contributed by atoms with E-state index in [1.807, 2.05) is 52.8 Å². The number of hydrogen-bond donors (Lipinski definition) is 2. The molecule has 34 heavy (non-hydrogen) atoms. The Morgan fingerprint density at radius 2 is 1.56 bits per heavy atom. The van der Waals surface area contributed by atoms with Gasteiger partial charge in [-0.05, 0) is 85.4 Å². The molecule has 7 heteroatoms. The molecule has 1 aromatic carbocycles. The van der Waals surface area contributed by atoms with Crippen molar-refractivity contribution in [2.75, 3.05) is 6.54 Å². The molecule has 0 aliphatic rings. The van der Waals surface area contributed by atoms with Crippen LogP contribution in [0.15, 0.2) is 18.2 Å². The standard InChI is InChI=1S/C27H45N3O4/c1-11-12-13-17-28-23(31)22(21-18(2)15-14-16-19(21)3)30(26(5,6)7)24(32)20(4)29-25(33)34-27(8,9)10/h14-16,20,22H,11-13,17H2,1-10H3,(H,28,31)(H,29,33). The van der Waals surface area contributed by atoms with Crippen LogP contribution in [0.5, 0.6) is 0 Å². The normalized spacial score (nSPS) is 13.6. The first-order valence-electron chi connectivity index (χ1n) is 12.3. The van der Waals surface area contributed by atoms with Crippen LogP contribution in [-0.4, -0.2) is 46.5 Å². The molecule has 1 rings (SSSR count). The highest BCUT2D eigenvalue weighted by atomic mass is 16.6. The molecule has 7 nitrogen and oxygen atoms in total. The fourth-order valence-electron chi connectivity index (χ4n) is 3.92. The lowest BCUT2D eigenvalue weighted by Gasteiger charge is -2.43. The maximum atomic E-state index is 13.8. The molecule has 2 unspecified atom stereocenters. The molecule has 0 spiro atoms. The Balaban J connectivity index is 3.42. The van der Waals surface area contributed by atoms with Gasteiger partial charge >= 0.3 is 6.09 Å². The van der Waals surface area contributed by atoms with Crippen molar-refractivity contribution in [3.63, 3.8) is 0 Å². The van der Waals surface area contributed by atoms with Crippen LogP contribution in [0.2, 0.25) is 0 Å². The SMILES string of the molecule is CCCCCNC(=O)C(c1c(C)cccc1C)N(C(=O)C(C)NC(=O)OC(C)(C)C)C(C)(C)C. The number of nitrogens with one attached hydrogen (secondary N) is 2. The summed E-state index contributed by atoms with van der Waals surface area (Å²) in [5, 5.41) is 5.68. The van der Waals surface area contributed by atoms with Gasteiger partial charge in [-0.3, -0.25) is 9.59 Å². The zero-order valence-electron chi connectivity index (χ0n) is 22.8. The highest BCUT2D eigenvalue weighted by Crippen LogP contribution is 2.33. The Kier molecular flexibility index (Phi) is 10.6. The zero-order chi connectivity index (χ0) is 26.3. The number of aryl methyl sites for hydroxylation is 2. The van der Waals surface area contributed by atoms with Crippen molar-refractivity contribution in [2.24, 2.45) is 0 Å². The number of unbranched alkanes of at least 4 members (excludes halogenated alkanes) is 2. The molecule has 0 aromatic heterocycles. The van der Waals surface area contributed by atoms with E-state index in [2.05, 4.69) is 17.6 Å². The van der Waals surface area contributed by atoms with Gasteiger partial charge in [0.05, 0.1) is 0 Å². The number of hydrogen-bond acceptors (Lipinski definition) is 4. The summed E-state index contributed by atoms with van der Waals surface area (Å²) in [5.74, 6) is -0.573. The topological polar surface area (TPSA) is 87.7 Å². The first kappa shape index (κ1) is 29.5. The van der Waals surface area contributed by atoms with E-state index in [1.54, 1.807) is 32.6 Å². The summed E-state index contributed by atoms with van der Waals surface area (Å²) in [6.07, 6.45) is 2.28. The van der Waals surface area contributed by atoms with E-state index in [0.29, 0.717) is 6.54 Å². The highest BCUT2D eigenvalue weighted by molar-refractivity contribution is 5.92. The number of nitrogens with zero attached hydrogens (tertiary/aromatic N) is 1. The first-order valence-corrected chi connectivity index (χ1v) is 12.3. The molecule has 0 aliphatic carbocycles. The summed E-state index contributed by atoms with van der Waals surface area (Å²) < 4.78 is 5.33. The molecule has 192 valence electrons. The number of ether oxygens (including phenoxy) is 1. The van der Waals surface area contributed by atoms with Crippen LogP contribution in [0.1, 0.15) is 97.4 Å². The molecular weight excluding hydrogens is 430 g/mol. The molecule has 0 aliphatic heterocycles. The molecule has 0 fully saturated rings. The largest absolute Gasteiger partial charge is 0.444 e. The van der Waals surface area contributed by atoms with Crippen LogP contribution in [0.3, 0.4) is 0 Å². The Morgan fingerprint density at radius 3 is 2.03 bits per heavy atom. The lowest BCUT2D eigenvalue weighted by atomic mass is 9.90. The van der Waals surface area contributed by atoms with Crippen LogP contribution in [-0.2, 0) is 14.3 Å². The summed E-state index contributed by atoms with van der Waals surface area (Å²) in [6.45, 7) is 19.2. The van der Waals surface area contributed by atoms with E-state index in [9.17, 15) is 14.4 Å². The van der Waals surface area contributed by atoms with Crippen molar-refractivity contribution >= 4 is 17.9 Å². The van der Waals surface area contributed by atoms with E-state index in [4.69, 9.17) is 4.74 Å². The Labute approximate surface area is 206 Å². The summed E-state index contributed by atoms with van der Waals surface area (Å²) in [6, 6.07) is 4.13. The maximum Gasteiger partial charge on any atom is 0.408 e. The third-order valence-corrected chi connectivity index (χ3v) is 5.47. The molecule has 0 bridgehead atoms. The van der Waals surface area contributed by atoms with Gasteiger partial charge in [-0.25, -0.2) is 4.79 Å². The number of rotatable bonds is 9. The second-order valence-corrected chi connectivity index (χ2v) is 11.0. The van der Waals surface area contributed by atoms with Gasteiger partial charge in [0.25, 0.3) is 0 Å². The predicted octanol–water partition coefficient (Wildman–Crippen LogP) is 5.19. The lowest BCUT2D eigenvalue weighted by Crippen LogP contribution is -2.58. The van der Waals surface area contributed by atoms with Crippen molar-refractivity contribution < 1.29 is 19.1 Å². The number of amides is 3. The fourth-order valence-corrected chi connectivity index (χ4v) is 3.92. The van der Waals surface area contributed by atoms with E-state index in [-0.39, 0.29) is 11.8 Å². The molecule has 2 atom stereocenters. The summed E-state index contributed by atoms with van der Waals surface area (Å²) in [7, 11) is 0. The second kappa shape index (κ2) is 12.2. The van der Waals surface area contributed by atoms with Gasteiger partial charge in [0.2, 0.25) is 11.8 Å². The zero-order valence-corrected chi connectivity index (χ0v) is 22.8. The van der Waals surface area contributed by atoms with Crippen LogP contribution in [0.4, 0.5) is 4.79 Å². The molecule has 0 heterocycles. The smallest absolute Gasteiger partial charge is 0.408 e. The van der Waals surface area contributed by atoms with Crippen molar-refractivity contribution in [3.8, 4) is 0 Å². The van der Waals surface area contributed by atoms with Gasteiger partial charge in [-0.15, -0.1) is 0 Å². The average molecular weight is 476 g/mol. The molecule has 3 amide bonds. The van der Waals surface area contributed by atoms with E-state index < -0.39 is 29.3 Å². The number of benzene rings is 1. The Morgan fingerprint density at radius 1 is 1.00 bits per heavy atom. The minimum Gasteiger partial charge on any atom is -0.444 e. The number of alkyl carbamates (subject to hydrolysis) is 1. The van der Waals surface area contributed by atoms with Crippen LogP contribution in [0.25, 0.3) is 0 Å². The van der Waals surface area contributed by atoms with Crippen molar-refractivity contribution in [1.82, 2.24) is 15.5 Å². The minimum absolute atomic E-state index is 0.221. The van der Waals surface area contributed by atoms with Crippen molar-refractivity contribution in [2.45, 2.75) is 112 Å². The molecule has 0 saturated heterocycles. The van der Waals surface area contributed by atoms with Gasteiger partial charge in [0, 0.05) is 12.1 Å². The van der Waals surface area contributed by atoms with E-state index in [0.717, 1.165) is 36.0 Å². The molecule has 2 N–H and O–H groups in total. The van der Waals surface area contributed by atoms with Gasteiger partial charge in [0.15, 0.2) is 0 Å². The second-order valence-electron chi connectivity index (χ2n) is 11.0. The third-order valence-electron chi connectivity index (χ3n) is 5.47. The van der Waals surface area contributed by atoms with Crippen LogP contribution >= 0.6 is 0 Å². The van der Waals surface area contributed by atoms with E-state index >= 15 is 0 Å². The van der Waals surface area contributed by atoms with Crippen molar-refractivity contribution in [1.29, 1.82) is 0 Å². The Bertz CT molecular complexity index is 832. The summed E-state index contributed by atoms with van der Waals surface area (Å²) >= 11 is 0. The van der Waals surface area contributed by atoms with Gasteiger partial charge in [-0.1, -0.05) is 38.0 Å². The van der Waals surface area contributed by atoms with Gasteiger partial charge < -0.3 is 20.3 Å². The van der Waals surface area contributed by atoms with Gasteiger partial charge in [0.1, 0.15) is 17.7 Å². The first-order chi connectivity index (χ1) is 15.6. The Hall–Kier alpha value is -2.57. The van der Waals surface area contributed by atoms with Crippen LogP contribution in [0, 0.1) is 13.8 Å². The fraction of sp³-hybridized carbons (Fsp3) is 0.667. The van der Waals surface area contributed by atoms with Crippen molar-refractivity contribution in [3.05, 3.63) is 34.9 Å². The number of carbonyl (C=O) groups is 3. The van der Waals surface area contributed by atoms with Crippen LogP contribution < -0.4 is 10.6 Å². The lowest BCUT2D eigenvalue weighted by molar-refractivity contribution is -0.148. The van der Waals surface area contributed by atoms with E-state index in [1.165, 1.54) is 0 Å². The predicted molar refractivity (Wildman–Crippen MR) is 137 cm³/mol. The highest BCUT2D eigenvalue weighted by Gasteiger charge is 2.41. The molecule has 1 aromatic rings. The monoisotopic (exact) mass is 475 g/mol. The quantitative estimate of drug-likeness (QED) is 0.481. The molecular formula is C27H45N3O4. The average Bonchev–Trinajstić information content (AvgIpc) is 2.67. The third kappa shape index (κ3) is 8.65. The molecule has 0 saturated carbocycles. The molecule has 0 radical (unpaired) electrons. The minimum atomic E-state index is -0.881. The number of carbonyl (C=O) groups excluding carboxylic acids is 3. The van der Waals surface area contributed by atoms with Gasteiger partial charge in [-0.2, -0.15) is 0 Å². The summed E-state index contributed by atoms with van der Waals surface area (Å²) in [4.78, 5) is 41.3. The maximum absolute atomic E-state index is 13.8. The summed E-state index contributed by atoms with van der Waals surface area (Å²) in [5.41, 5.74) is 1.30.